The minimum atomic E-state index is -0.872. The van der Waals surface area contributed by atoms with Crippen LogP contribution in [0.5, 0.6) is 0 Å². The average molecular weight is 596 g/mol. The van der Waals surface area contributed by atoms with Gasteiger partial charge in [0.15, 0.2) is 0 Å². The molecule has 2 rings (SSSR count). The van der Waals surface area contributed by atoms with Crippen LogP contribution in [0.3, 0.4) is 0 Å². The van der Waals surface area contributed by atoms with Gasteiger partial charge < -0.3 is 36.1 Å². The Morgan fingerprint density at radius 2 is 1.05 bits per heavy atom. The van der Waals surface area contributed by atoms with Gasteiger partial charge in [-0.15, -0.1) is 0 Å². The molecule has 5 N–H and O–H groups in total. The number of hydrogen-bond donors (Lipinski definition) is 5. The molecule has 13 nitrogen and oxygen atoms in total. The third-order valence-electron chi connectivity index (χ3n) is 7.65. The van der Waals surface area contributed by atoms with Gasteiger partial charge >= 0.3 is 12.1 Å². The predicted octanol–water partition coefficient (Wildman–Crippen LogP) is 1.43. The standard InChI is InChI=1S/C29H49N5O8/c1-16(23(35)33-22-15-11-9-13-20(22)26(38)31-18(3)27(39)41-7)30-25(37)19-12-8-10-14-21(19)34-24(36)17(2)32-28(40)42-29(4,5)6/h16-22H,8-15H2,1-7H3,(H,30,37)(H,31,38)(H,32,40)(H,33,35)(H,34,36)/t16-,17-,18-,19-,20-,21+,22+/m1/s1. The third kappa shape index (κ3) is 10.8. The number of alkyl carbamates (subject to hydrolysis) is 1. The highest BCUT2D eigenvalue weighted by atomic mass is 16.6. The molecular formula is C29H49N5O8. The molecule has 5 amide bonds. The summed E-state index contributed by atoms with van der Waals surface area (Å²) in [7, 11) is 1.25. The second-order valence-corrected chi connectivity index (χ2v) is 12.4. The maximum Gasteiger partial charge on any atom is 0.408 e. The van der Waals surface area contributed by atoms with Crippen molar-refractivity contribution in [1.82, 2.24) is 26.6 Å². The topological polar surface area (TPSA) is 181 Å². The summed E-state index contributed by atoms with van der Waals surface area (Å²) in [4.78, 5) is 75.8. The van der Waals surface area contributed by atoms with Gasteiger partial charge in [0.1, 0.15) is 23.7 Å². The lowest BCUT2D eigenvalue weighted by molar-refractivity contribution is -0.145. The van der Waals surface area contributed by atoms with E-state index in [4.69, 9.17) is 4.74 Å². The molecule has 0 aliphatic heterocycles. The van der Waals surface area contributed by atoms with Gasteiger partial charge in [-0.05, 0) is 67.2 Å². The summed E-state index contributed by atoms with van der Waals surface area (Å²) in [5, 5.41) is 13.7. The number of nitrogens with one attached hydrogen (secondary N) is 5. The Morgan fingerprint density at radius 3 is 1.48 bits per heavy atom. The van der Waals surface area contributed by atoms with Gasteiger partial charge in [0.25, 0.3) is 0 Å². The summed E-state index contributed by atoms with van der Waals surface area (Å²) in [6, 6.07) is -3.43. The Kier molecular flexibility index (Phi) is 13.0. The van der Waals surface area contributed by atoms with Crippen LogP contribution in [-0.2, 0) is 33.4 Å². The highest BCUT2D eigenvalue weighted by molar-refractivity contribution is 5.91. The molecule has 0 unspecified atom stereocenters. The molecule has 2 aliphatic rings. The minimum absolute atomic E-state index is 0.328. The van der Waals surface area contributed by atoms with Gasteiger partial charge in [0.05, 0.1) is 18.9 Å². The zero-order chi connectivity index (χ0) is 31.6. The fourth-order valence-corrected chi connectivity index (χ4v) is 5.34. The molecule has 238 valence electrons. The van der Waals surface area contributed by atoms with Crippen molar-refractivity contribution in [1.29, 1.82) is 0 Å². The van der Waals surface area contributed by atoms with Gasteiger partial charge in [-0.1, -0.05) is 25.7 Å². The lowest BCUT2D eigenvalue weighted by Crippen LogP contribution is -2.57. The van der Waals surface area contributed by atoms with Crippen LogP contribution >= 0.6 is 0 Å². The molecule has 0 aromatic carbocycles. The van der Waals surface area contributed by atoms with E-state index in [0.29, 0.717) is 25.7 Å². The zero-order valence-corrected chi connectivity index (χ0v) is 26.0. The lowest BCUT2D eigenvalue weighted by atomic mass is 9.83. The molecule has 0 spiro atoms. The summed E-state index contributed by atoms with van der Waals surface area (Å²) in [5.41, 5.74) is -0.705. The molecule has 0 radical (unpaired) electrons. The van der Waals surface area contributed by atoms with E-state index in [-0.39, 0.29) is 11.8 Å². The molecule has 0 aromatic rings. The van der Waals surface area contributed by atoms with Gasteiger partial charge in [-0.25, -0.2) is 9.59 Å². The first-order valence-corrected chi connectivity index (χ1v) is 14.9. The van der Waals surface area contributed by atoms with E-state index in [9.17, 15) is 28.8 Å². The van der Waals surface area contributed by atoms with Crippen molar-refractivity contribution in [3.8, 4) is 0 Å². The normalized spacial score (nSPS) is 24.5. The largest absolute Gasteiger partial charge is 0.467 e. The Morgan fingerprint density at radius 1 is 0.643 bits per heavy atom. The van der Waals surface area contributed by atoms with Crippen molar-refractivity contribution in [3.63, 3.8) is 0 Å². The van der Waals surface area contributed by atoms with Crippen molar-refractivity contribution >= 4 is 35.7 Å². The van der Waals surface area contributed by atoms with Crippen molar-refractivity contribution in [2.75, 3.05) is 7.11 Å². The highest BCUT2D eigenvalue weighted by Gasteiger charge is 2.37. The first-order valence-electron chi connectivity index (χ1n) is 14.9. The summed E-state index contributed by atoms with van der Waals surface area (Å²) in [6.07, 6.45) is 4.89. The van der Waals surface area contributed by atoms with Crippen LogP contribution in [0.1, 0.15) is 92.9 Å². The van der Waals surface area contributed by atoms with Gasteiger partial charge in [-0.3, -0.25) is 19.2 Å². The van der Waals surface area contributed by atoms with Gasteiger partial charge in [0, 0.05) is 12.1 Å². The number of esters is 1. The molecule has 2 fully saturated rings. The van der Waals surface area contributed by atoms with E-state index in [0.717, 1.165) is 25.7 Å². The predicted molar refractivity (Wildman–Crippen MR) is 154 cm³/mol. The lowest BCUT2D eigenvalue weighted by Gasteiger charge is -2.34. The van der Waals surface area contributed by atoms with Gasteiger partial charge in [-0.2, -0.15) is 0 Å². The van der Waals surface area contributed by atoms with E-state index < -0.39 is 71.5 Å². The maximum atomic E-state index is 13.2. The molecule has 0 saturated heterocycles. The molecule has 0 aromatic heterocycles. The summed E-state index contributed by atoms with van der Waals surface area (Å²) < 4.78 is 9.88. The van der Waals surface area contributed by atoms with E-state index in [1.165, 1.54) is 14.0 Å². The van der Waals surface area contributed by atoms with Crippen molar-refractivity contribution in [3.05, 3.63) is 0 Å². The summed E-state index contributed by atoms with van der Waals surface area (Å²) >= 11 is 0. The van der Waals surface area contributed by atoms with Crippen molar-refractivity contribution in [2.24, 2.45) is 11.8 Å². The summed E-state index contributed by atoms with van der Waals surface area (Å²) in [5.74, 6) is -3.13. The average Bonchev–Trinajstić information content (AvgIpc) is 2.91. The number of ether oxygens (including phenoxy) is 2. The van der Waals surface area contributed by atoms with Gasteiger partial charge in [0.2, 0.25) is 23.6 Å². The highest BCUT2D eigenvalue weighted by Crippen LogP contribution is 2.26. The fourth-order valence-electron chi connectivity index (χ4n) is 5.34. The second kappa shape index (κ2) is 15.7. The molecule has 42 heavy (non-hydrogen) atoms. The summed E-state index contributed by atoms with van der Waals surface area (Å²) in [6.45, 7) is 9.83. The van der Waals surface area contributed by atoms with E-state index in [1.54, 1.807) is 34.6 Å². The first-order chi connectivity index (χ1) is 19.6. The van der Waals surface area contributed by atoms with Crippen LogP contribution in [0.25, 0.3) is 0 Å². The maximum absolute atomic E-state index is 13.2. The number of carbonyl (C=O) groups is 6. The van der Waals surface area contributed by atoms with Crippen LogP contribution in [0.2, 0.25) is 0 Å². The Labute approximate surface area is 248 Å². The zero-order valence-electron chi connectivity index (χ0n) is 26.0. The van der Waals surface area contributed by atoms with Crippen molar-refractivity contribution < 1.29 is 38.2 Å². The fraction of sp³-hybridized carbons (Fsp3) is 0.793. The Bertz CT molecular complexity index is 997. The number of carbonyl (C=O) groups excluding carboxylic acids is 6. The molecule has 2 aliphatic carbocycles. The number of amides is 5. The number of hydrogen-bond acceptors (Lipinski definition) is 8. The van der Waals surface area contributed by atoms with Crippen LogP contribution in [0.4, 0.5) is 4.79 Å². The smallest absolute Gasteiger partial charge is 0.408 e. The van der Waals surface area contributed by atoms with Crippen LogP contribution < -0.4 is 26.6 Å². The van der Waals surface area contributed by atoms with Crippen molar-refractivity contribution in [2.45, 2.75) is 129 Å². The SMILES string of the molecule is COC(=O)[C@@H](C)NC(=O)[C@@H]1CCCC[C@@H]1NC(=O)[C@@H](C)NC(=O)[C@@H]1CCCC[C@@H]1NC(=O)[C@@H](C)NC(=O)OC(C)(C)C. The molecule has 0 bridgehead atoms. The third-order valence-corrected chi connectivity index (χ3v) is 7.65. The quantitative estimate of drug-likeness (QED) is 0.235. The van der Waals surface area contributed by atoms with Crippen LogP contribution in [-0.4, -0.2) is 78.6 Å². The molecular weight excluding hydrogens is 546 g/mol. The van der Waals surface area contributed by atoms with Crippen LogP contribution in [0.15, 0.2) is 0 Å². The molecule has 2 saturated carbocycles. The minimum Gasteiger partial charge on any atom is -0.467 e. The Hall–Kier alpha value is -3.38. The first kappa shape index (κ1) is 34.8. The second-order valence-electron chi connectivity index (χ2n) is 12.4. The monoisotopic (exact) mass is 595 g/mol. The van der Waals surface area contributed by atoms with E-state index in [2.05, 4.69) is 31.3 Å². The van der Waals surface area contributed by atoms with Crippen LogP contribution in [0, 0.1) is 11.8 Å². The Balaban J connectivity index is 1.94. The van der Waals surface area contributed by atoms with E-state index in [1.807, 2.05) is 0 Å². The molecule has 7 atom stereocenters. The number of rotatable bonds is 10. The molecule has 13 heteroatoms. The van der Waals surface area contributed by atoms with E-state index >= 15 is 0 Å². The molecule has 0 heterocycles. The number of methoxy groups -OCH3 is 1.